The van der Waals surface area contributed by atoms with Crippen LogP contribution in [0.15, 0.2) is 29.4 Å². The number of alkyl halides is 3. The lowest BCUT2D eigenvalue weighted by molar-refractivity contribution is -0.138. The number of piperidine rings is 1. The molecule has 1 aliphatic rings. The molecule has 9 heteroatoms. The molecular weight excluding hydrogens is 415 g/mol. The summed E-state index contributed by atoms with van der Waals surface area (Å²) in [6.07, 6.45) is -0.150. The molecule has 1 saturated heterocycles. The van der Waals surface area contributed by atoms with Gasteiger partial charge < -0.3 is 9.64 Å². The highest BCUT2D eigenvalue weighted by atomic mass is 32.1. The molecule has 0 bridgehead atoms. The molecule has 2 heterocycles. The van der Waals surface area contributed by atoms with Gasteiger partial charge in [-0.2, -0.15) is 23.7 Å². The van der Waals surface area contributed by atoms with Gasteiger partial charge in [0.05, 0.1) is 17.2 Å². The van der Waals surface area contributed by atoms with Crippen molar-refractivity contribution in [1.29, 1.82) is 10.5 Å². The Morgan fingerprint density at radius 3 is 2.53 bits per heavy atom. The lowest BCUT2D eigenvalue weighted by Crippen LogP contribution is -2.33. The molecule has 1 aliphatic heterocycles. The van der Waals surface area contributed by atoms with Gasteiger partial charge in [0.2, 0.25) is 0 Å². The summed E-state index contributed by atoms with van der Waals surface area (Å²) >= 11 is 1.47. The Hall–Kier alpha value is -2.78. The first-order chi connectivity index (χ1) is 14.3. The molecule has 0 amide bonds. The van der Waals surface area contributed by atoms with Crippen molar-refractivity contribution in [2.24, 2.45) is 5.92 Å². The highest BCUT2D eigenvalue weighted by molar-refractivity contribution is 7.16. The summed E-state index contributed by atoms with van der Waals surface area (Å²) < 4.78 is 42.1. The van der Waals surface area contributed by atoms with Gasteiger partial charge in [0.25, 0.3) is 0 Å². The minimum atomic E-state index is -4.10. The molecular formula is C21H22F3N3O2S. The van der Waals surface area contributed by atoms with Crippen molar-refractivity contribution in [3.05, 3.63) is 34.2 Å². The largest absolute Gasteiger partial charge is 0.462 e. The van der Waals surface area contributed by atoms with Crippen LogP contribution in [0.1, 0.15) is 37.5 Å². The fourth-order valence-electron chi connectivity index (χ4n) is 3.18. The number of halogens is 3. The van der Waals surface area contributed by atoms with Crippen LogP contribution in [0, 0.1) is 28.6 Å². The third-order valence-electron chi connectivity index (χ3n) is 4.78. The molecule has 1 aromatic rings. The molecule has 1 aromatic heterocycles. The predicted molar refractivity (Wildman–Crippen MR) is 108 cm³/mol. The predicted octanol–water partition coefficient (Wildman–Crippen LogP) is 5.23. The van der Waals surface area contributed by atoms with Crippen molar-refractivity contribution in [3.8, 4) is 12.1 Å². The Morgan fingerprint density at radius 1 is 1.30 bits per heavy atom. The maximum Gasteiger partial charge on any atom is 0.389 e. The molecule has 0 radical (unpaired) electrons. The number of nitriles is 2. The van der Waals surface area contributed by atoms with E-state index < -0.39 is 18.6 Å². The van der Waals surface area contributed by atoms with E-state index >= 15 is 0 Å². The average molecular weight is 437 g/mol. The molecule has 0 spiro atoms. The van der Waals surface area contributed by atoms with Crippen LogP contribution >= 0.6 is 11.3 Å². The fraction of sp³-hybridized carbons (Fsp3) is 0.476. The normalized spacial score (nSPS) is 14.9. The zero-order valence-electron chi connectivity index (χ0n) is 16.5. The van der Waals surface area contributed by atoms with Crippen LogP contribution in [0.3, 0.4) is 0 Å². The van der Waals surface area contributed by atoms with Crippen LogP contribution in [-0.2, 0) is 9.53 Å². The van der Waals surface area contributed by atoms with E-state index in [2.05, 4.69) is 4.90 Å². The second-order valence-electron chi connectivity index (χ2n) is 6.83. The molecule has 0 N–H and O–H groups in total. The number of carbonyl (C=O) groups excluding carboxylic acids is 1. The zero-order chi connectivity index (χ0) is 22.1. The van der Waals surface area contributed by atoms with Crippen LogP contribution in [0.2, 0.25) is 0 Å². The SMILES string of the molecule is CCOC(=O)C(/C=C/c1ccc(N2CCC(CCC(F)(F)F)CC2)s1)=C(C#N)C#N. The summed E-state index contributed by atoms with van der Waals surface area (Å²) in [5, 5.41) is 19.1. The quantitative estimate of drug-likeness (QED) is 0.253. The van der Waals surface area contributed by atoms with E-state index in [0.29, 0.717) is 13.1 Å². The van der Waals surface area contributed by atoms with E-state index in [1.165, 1.54) is 17.4 Å². The van der Waals surface area contributed by atoms with Gasteiger partial charge in [-0.15, -0.1) is 11.3 Å². The van der Waals surface area contributed by atoms with Crippen molar-refractivity contribution in [1.82, 2.24) is 0 Å². The van der Waals surface area contributed by atoms with Crippen molar-refractivity contribution in [2.45, 2.75) is 38.8 Å². The van der Waals surface area contributed by atoms with Gasteiger partial charge in [-0.1, -0.05) is 0 Å². The molecule has 0 unspecified atom stereocenters. The lowest BCUT2D eigenvalue weighted by Gasteiger charge is -2.32. The minimum absolute atomic E-state index is 0.0925. The number of thiophene rings is 1. The molecule has 0 aliphatic carbocycles. The summed E-state index contributed by atoms with van der Waals surface area (Å²) in [4.78, 5) is 15.0. The van der Waals surface area contributed by atoms with E-state index in [9.17, 15) is 18.0 Å². The van der Waals surface area contributed by atoms with E-state index in [4.69, 9.17) is 15.3 Å². The molecule has 5 nitrogen and oxygen atoms in total. The Bertz CT molecular complexity index is 867. The van der Waals surface area contributed by atoms with Gasteiger partial charge in [0.15, 0.2) is 0 Å². The van der Waals surface area contributed by atoms with Gasteiger partial charge in [0.1, 0.15) is 17.7 Å². The number of ether oxygens (including phenoxy) is 1. The molecule has 2 rings (SSSR count). The smallest absolute Gasteiger partial charge is 0.389 e. The number of anilines is 1. The highest BCUT2D eigenvalue weighted by Gasteiger charge is 2.29. The molecule has 0 atom stereocenters. The van der Waals surface area contributed by atoms with Crippen molar-refractivity contribution in [3.63, 3.8) is 0 Å². The van der Waals surface area contributed by atoms with Crippen molar-refractivity contribution >= 4 is 28.4 Å². The fourth-order valence-corrected chi connectivity index (χ4v) is 4.15. The minimum Gasteiger partial charge on any atom is -0.462 e. The monoisotopic (exact) mass is 437 g/mol. The molecule has 160 valence electrons. The third kappa shape index (κ3) is 6.93. The number of allylic oxidation sites excluding steroid dienone is 1. The number of rotatable bonds is 7. The number of hydrogen-bond donors (Lipinski definition) is 0. The van der Waals surface area contributed by atoms with Gasteiger partial charge >= 0.3 is 12.1 Å². The number of hydrogen-bond acceptors (Lipinski definition) is 6. The summed E-state index contributed by atoms with van der Waals surface area (Å²) in [6.45, 7) is 3.16. The summed E-state index contributed by atoms with van der Waals surface area (Å²) in [5.41, 5.74) is -0.412. The second kappa shape index (κ2) is 10.8. The number of nitrogens with zero attached hydrogens (tertiary/aromatic N) is 3. The van der Waals surface area contributed by atoms with Crippen LogP contribution in [-0.4, -0.2) is 31.8 Å². The molecule has 0 saturated carbocycles. The standard InChI is InChI=1S/C21H22F3N3O2S/c1-2-29-20(28)18(16(13-25)14-26)5-3-17-4-6-19(30-17)27-11-8-15(9-12-27)7-10-21(22,23)24/h3-6,15H,2,7-12H2,1H3/b5-3+. The molecule has 0 aromatic carbocycles. The maximum absolute atomic E-state index is 12.4. The van der Waals surface area contributed by atoms with Crippen LogP contribution in [0.25, 0.3) is 6.08 Å². The number of carbonyl (C=O) groups is 1. The first-order valence-electron chi connectivity index (χ1n) is 9.58. The van der Waals surface area contributed by atoms with Gasteiger partial charge in [0, 0.05) is 24.4 Å². The van der Waals surface area contributed by atoms with E-state index in [1.54, 1.807) is 25.1 Å². The van der Waals surface area contributed by atoms with Gasteiger partial charge in [-0.3, -0.25) is 0 Å². The summed E-state index contributed by atoms with van der Waals surface area (Å²) in [6, 6.07) is 7.17. The van der Waals surface area contributed by atoms with E-state index in [1.807, 2.05) is 12.1 Å². The Labute approximate surface area is 177 Å². The Kier molecular flexibility index (Phi) is 8.49. The zero-order valence-corrected chi connectivity index (χ0v) is 17.4. The van der Waals surface area contributed by atoms with Crippen LogP contribution < -0.4 is 4.90 Å². The average Bonchev–Trinajstić information content (AvgIpc) is 3.18. The summed E-state index contributed by atoms with van der Waals surface area (Å²) in [7, 11) is 0. The van der Waals surface area contributed by atoms with Gasteiger partial charge in [-0.25, -0.2) is 4.79 Å². The second-order valence-corrected chi connectivity index (χ2v) is 7.92. The van der Waals surface area contributed by atoms with Gasteiger partial charge in [-0.05, 0) is 56.4 Å². The van der Waals surface area contributed by atoms with Crippen LogP contribution in [0.5, 0.6) is 0 Å². The van der Waals surface area contributed by atoms with Crippen molar-refractivity contribution < 1.29 is 22.7 Å². The van der Waals surface area contributed by atoms with E-state index in [0.717, 1.165) is 22.7 Å². The summed E-state index contributed by atoms with van der Waals surface area (Å²) in [5.74, 6) is -0.639. The first-order valence-corrected chi connectivity index (χ1v) is 10.4. The molecule has 30 heavy (non-hydrogen) atoms. The third-order valence-corrected chi connectivity index (χ3v) is 5.89. The Morgan fingerprint density at radius 2 is 1.97 bits per heavy atom. The first kappa shape index (κ1) is 23.5. The van der Waals surface area contributed by atoms with Crippen molar-refractivity contribution in [2.75, 3.05) is 24.6 Å². The molecule has 1 fully saturated rings. The highest BCUT2D eigenvalue weighted by Crippen LogP contribution is 2.33. The Balaban J connectivity index is 2.01. The number of esters is 1. The van der Waals surface area contributed by atoms with Crippen LogP contribution in [0.4, 0.5) is 18.2 Å². The lowest BCUT2D eigenvalue weighted by atomic mass is 9.92. The maximum atomic E-state index is 12.4. The van der Waals surface area contributed by atoms with E-state index in [-0.39, 0.29) is 30.1 Å². The topological polar surface area (TPSA) is 77.1 Å².